The number of likely N-dealkylation sites (tertiary alicyclic amines) is 1. The van der Waals surface area contributed by atoms with Gasteiger partial charge in [-0.3, -0.25) is 4.79 Å². The molecule has 2 saturated heterocycles. The van der Waals surface area contributed by atoms with Crippen molar-refractivity contribution in [2.45, 2.75) is 37.7 Å². The Morgan fingerprint density at radius 2 is 2.19 bits per heavy atom. The van der Waals surface area contributed by atoms with E-state index in [1.165, 1.54) is 0 Å². The van der Waals surface area contributed by atoms with Gasteiger partial charge in [-0.15, -0.1) is 10.2 Å². The molecule has 21 heavy (non-hydrogen) atoms. The fourth-order valence-corrected chi connectivity index (χ4v) is 4.05. The molecular weight excluding hydrogens is 290 g/mol. The molecule has 7 nitrogen and oxygen atoms in total. The van der Waals surface area contributed by atoms with Crippen molar-refractivity contribution < 1.29 is 9.53 Å². The Hall–Kier alpha value is -1.54. The lowest BCUT2D eigenvalue weighted by molar-refractivity contribution is -0.142. The van der Waals surface area contributed by atoms with Gasteiger partial charge in [0.25, 0.3) is 5.91 Å². The van der Waals surface area contributed by atoms with E-state index in [1.807, 2.05) is 4.90 Å². The topological polar surface area (TPSA) is 72.6 Å². The molecule has 0 spiro atoms. The van der Waals surface area contributed by atoms with E-state index in [2.05, 4.69) is 15.3 Å². The van der Waals surface area contributed by atoms with Gasteiger partial charge in [-0.1, -0.05) is 11.3 Å². The minimum atomic E-state index is -0.198. The lowest BCUT2D eigenvalue weighted by atomic mass is 9.97. The van der Waals surface area contributed by atoms with Crippen LogP contribution in [0.1, 0.15) is 36.6 Å². The number of hydrogen-bond acceptors (Lipinski definition) is 6. The summed E-state index contributed by atoms with van der Waals surface area (Å²) >= 11 is 1.60. The van der Waals surface area contributed by atoms with Gasteiger partial charge >= 0.3 is 0 Å². The second-order valence-electron chi connectivity index (χ2n) is 5.60. The number of piperidine rings is 1. The molecule has 1 atom stereocenters. The zero-order valence-corrected chi connectivity index (χ0v) is 12.5. The second-order valence-corrected chi connectivity index (χ2v) is 6.59. The Bertz CT molecular complexity index is 611. The van der Waals surface area contributed by atoms with Crippen LogP contribution in [0.3, 0.4) is 0 Å². The van der Waals surface area contributed by atoms with Crippen molar-refractivity contribution in [1.82, 2.24) is 24.7 Å². The highest BCUT2D eigenvalue weighted by molar-refractivity contribution is 7.16. The van der Waals surface area contributed by atoms with Crippen LogP contribution in [0.15, 0.2) is 6.33 Å². The molecule has 0 bridgehead atoms. The van der Waals surface area contributed by atoms with Crippen molar-refractivity contribution in [3.63, 3.8) is 0 Å². The third-order valence-electron chi connectivity index (χ3n) is 4.26. The van der Waals surface area contributed by atoms with Gasteiger partial charge < -0.3 is 9.64 Å². The Morgan fingerprint density at radius 1 is 1.33 bits per heavy atom. The SMILES string of the molecule is O=C(C1CCCO1)N1CCC(c2nn3cnnc3s2)CC1. The minimum Gasteiger partial charge on any atom is -0.368 e. The fourth-order valence-electron chi connectivity index (χ4n) is 3.06. The van der Waals surface area contributed by atoms with Crippen LogP contribution in [0.2, 0.25) is 0 Å². The van der Waals surface area contributed by atoms with Crippen molar-refractivity contribution in [2.75, 3.05) is 19.7 Å². The number of fused-ring (bicyclic) bond motifs is 1. The average molecular weight is 307 g/mol. The lowest BCUT2D eigenvalue weighted by Gasteiger charge is -2.32. The number of aromatic nitrogens is 4. The van der Waals surface area contributed by atoms with Gasteiger partial charge in [0.2, 0.25) is 4.96 Å². The third kappa shape index (κ3) is 2.42. The standard InChI is InChI=1S/C13H17N5O2S/c19-12(10-2-1-7-20-10)17-5-3-9(4-6-17)11-16-18-8-14-15-13(18)21-11/h8-10H,1-7H2. The number of amides is 1. The number of rotatable bonds is 2. The molecule has 112 valence electrons. The van der Waals surface area contributed by atoms with Crippen LogP contribution < -0.4 is 0 Å². The van der Waals surface area contributed by atoms with Gasteiger partial charge in [0.15, 0.2) is 0 Å². The summed E-state index contributed by atoms with van der Waals surface area (Å²) in [4.78, 5) is 15.1. The Labute approximate surface area is 125 Å². The van der Waals surface area contributed by atoms with Crippen molar-refractivity contribution in [1.29, 1.82) is 0 Å². The predicted molar refractivity (Wildman–Crippen MR) is 76.2 cm³/mol. The molecule has 2 aliphatic heterocycles. The number of ether oxygens (including phenoxy) is 1. The lowest BCUT2D eigenvalue weighted by Crippen LogP contribution is -2.43. The summed E-state index contributed by atoms with van der Waals surface area (Å²) in [7, 11) is 0. The summed E-state index contributed by atoms with van der Waals surface area (Å²) in [6.45, 7) is 2.31. The summed E-state index contributed by atoms with van der Waals surface area (Å²) in [5, 5.41) is 13.5. The highest BCUT2D eigenvalue weighted by Gasteiger charge is 2.32. The fraction of sp³-hybridized carbons (Fsp3) is 0.692. The first-order valence-electron chi connectivity index (χ1n) is 7.38. The molecule has 8 heteroatoms. The zero-order valence-electron chi connectivity index (χ0n) is 11.6. The van der Waals surface area contributed by atoms with Gasteiger partial charge in [0, 0.05) is 25.6 Å². The van der Waals surface area contributed by atoms with Crippen molar-refractivity contribution in [3.8, 4) is 0 Å². The van der Waals surface area contributed by atoms with Crippen molar-refractivity contribution >= 4 is 22.2 Å². The van der Waals surface area contributed by atoms with Gasteiger partial charge in [-0.2, -0.15) is 9.61 Å². The molecule has 2 aliphatic rings. The quantitative estimate of drug-likeness (QED) is 0.830. The van der Waals surface area contributed by atoms with Crippen LogP contribution >= 0.6 is 11.3 Å². The van der Waals surface area contributed by atoms with E-state index in [0.717, 1.165) is 55.3 Å². The first-order valence-corrected chi connectivity index (χ1v) is 8.20. The maximum atomic E-state index is 12.3. The van der Waals surface area contributed by atoms with Gasteiger partial charge in [-0.05, 0) is 25.7 Å². The predicted octanol–water partition coefficient (Wildman–Crippen LogP) is 1.07. The summed E-state index contributed by atoms with van der Waals surface area (Å²) < 4.78 is 7.21. The molecule has 0 radical (unpaired) electrons. The van der Waals surface area contributed by atoms with E-state index in [4.69, 9.17) is 4.74 Å². The number of hydrogen-bond donors (Lipinski definition) is 0. The van der Waals surface area contributed by atoms with E-state index in [9.17, 15) is 4.79 Å². The molecule has 0 aromatic carbocycles. The molecule has 2 aromatic heterocycles. The first-order chi connectivity index (χ1) is 10.3. The second kappa shape index (κ2) is 5.34. The smallest absolute Gasteiger partial charge is 0.251 e. The van der Waals surface area contributed by atoms with Gasteiger partial charge in [-0.25, -0.2) is 0 Å². The van der Waals surface area contributed by atoms with Crippen LogP contribution in [-0.2, 0) is 9.53 Å². The van der Waals surface area contributed by atoms with Crippen LogP contribution in [0.4, 0.5) is 0 Å². The summed E-state index contributed by atoms with van der Waals surface area (Å²) in [6.07, 6.45) is 5.22. The largest absolute Gasteiger partial charge is 0.368 e. The summed E-state index contributed by atoms with van der Waals surface area (Å²) in [6, 6.07) is 0. The first kappa shape index (κ1) is 13.1. The van der Waals surface area contributed by atoms with Crippen molar-refractivity contribution in [2.24, 2.45) is 0 Å². The van der Waals surface area contributed by atoms with E-state index in [1.54, 1.807) is 22.2 Å². The summed E-state index contributed by atoms with van der Waals surface area (Å²) in [5.41, 5.74) is 0. The maximum absolute atomic E-state index is 12.3. The third-order valence-corrected chi connectivity index (χ3v) is 5.34. The minimum absolute atomic E-state index is 0.170. The van der Waals surface area contributed by atoms with Crippen LogP contribution in [0.5, 0.6) is 0 Å². The molecule has 4 rings (SSSR count). The molecule has 0 N–H and O–H groups in total. The van der Waals surface area contributed by atoms with Crippen LogP contribution in [0.25, 0.3) is 4.96 Å². The Morgan fingerprint density at radius 3 is 2.90 bits per heavy atom. The molecule has 2 aromatic rings. The normalized spacial score (nSPS) is 24.0. The monoisotopic (exact) mass is 307 g/mol. The highest BCUT2D eigenvalue weighted by Crippen LogP contribution is 2.31. The van der Waals surface area contributed by atoms with Crippen LogP contribution in [0, 0.1) is 0 Å². The molecule has 4 heterocycles. The maximum Gasteiger partial charge on any atom is 0.251 e. The van der Waals surface area contributed by atoms with Crippen molar-refractivity contribution in [3.05, 3.63) is 11.3 Å². The zero-order chi connectivity index (χ0) is 14.2. The van der Waals surface area contributed by atoms with E-state index in [-0.39, 0.29) is 12.0 Å². The van der Waals surface area contributed by atoms with Gasteiger partial charge in [0.05, 0.1) is 0 Å². The van der Waals surface area contributed by atoms with E-state index < -0.39 is 0 Å². The average Bonchev–Trinajstić information content (AvgIpc) is 3.23. The summed E-state index contributed by atoms with van der Waals surface area (Å²) in [5.74, 6) is 0.592. The Kier molecular flexibility index (Phi) is 3.34. The molecule has 0 aliphatic carbocycles. The molecular formula is C13H17N5O2S. The molecule has 1 unspecified atom stereocenters. The van der Waals surface area contributed by atoms with Crippen LogP contribution in [-0.4, -0.2) is 56.4 Å². The number of carbonyl (C=O) groups excluding carboxylic acids is 1. The molecule has 1 amide bonds. The highest BCUT2D eigenvalue weighted by atomic mass is 32.1. The Balaban J connectivity index is 1.39. The van der Waals surface area contributed by atoms with E-state index in [0.29, 0.717) is 5.92 Å². The molecule has 2 fully saturated rings. The number of nitrogens with zero attached hydrogens (tertiary/aromatic N) is 5. The van der Waals surface area contributed by atoms with E-state index >= 15 is 0 Å². The number of carbonyl (C=O) groups is 1. The van der Waals surface area contributed by atoms with Gasteiger partial charge in [0.1, 0.15) is 17.4 Å². The molecule has 0 saturated carbocycles.